The molecular weight excluding hydrogens is 428 g/mol. The first-order chi connectivity index (χ1) is 15.4. The summed E-state index contributed by atoms with van der Waals surface area (Å²) in [5, 5.41) is 9.97. The van der Waals surface area contributed by atoms with Crippen molar-refractivity contribution in [2.45, 2.75) is 86.9 Å². The molecule has 1 saturated carbocycles. The highest BCUT2D eigenvalue weighted by molar-refractivity contribution is 8.02. The van der Waals surface area contributed by atoms with Crippen LogP contribution in [0, 0.1) is 11.8 Å². The minimum Gasteiger partial charge on any atom is -0.466 e. The van der Waals surface area contributed by atoms with Gasteiger partial charge in [-0.25, -0.2) is 0 Å². The first-order valence-corrected chi connectivity index (χ1v) is 13.0. The molecule has 1 spiro atoms. The summed E-state index contributed by atoms with van der Waals surface area (Å²) in [6.07, 6.45) is 8.61. The molecule has 4 fully saturated rings. The molecule has 2 amide bonds. The molecule has 2 unspecified atom stereocenters. The van der Waals surface area contributed by atoms with Gasteiger partial charge in [-0.2, -0.15) is 0 Å². The molecule has 178 valence electrons. The Kier molecular flexibility index (Phi) is 6.92. The lowest BCUT2D eigenvalue weighted by Crippen LogP contribution is -2.58. The van der Waals surface area contributed by atoms with E-state index in [1.165, 1.54) is 6.42 Å². The van der Waals surface area contributed by atoms with Crippen molar-refractivity contribution in [3.05, 3.63) is 12.7 Å². The predicted octanol–water partition coefficient (Wildman–Crippen LogP) is 2.37. The molecule has 1 N–H and O–H groups in total. The van der Waals surface area contributed by atoms with E-state index in [0.29, 0.717) is 6.54 Å². The van der Waals surface area contributed by atoms with E-state index in [1.54, 1.807) is 36.6 Å². The monoisotopic (exact) mass is 464 g/mol. The number of thioether (sulfide) groups is 1. The zero-order valence-corrected chi connectivity index (χ0v) is 20.0. The van der Waals surface area contributed by atoms with Gasteiger partial charge >= 0.3 is 5.97 Å². The topological polar surface area (TPSA) is 87.2 Å². The predicted molar refractivity (Wildman–Crippen MR) is 123 cm³/mol. The number of carbonyl (C=O) groups excluding carboxylic acids is 3. The third-order valence-electron chi connectivity index (χ3n) is 7.89. The zero-order chi connectivity index (χ0) is 23.0. The summed E-state index contributed by atoms with van der Waals surface area (Å²) >= 11 is 1.65. The van der Waals surface area contributed by atoms with Crippen LogP contribution in [0.15, 0.2) is 12.7 Å². The van der Waals surface area contributed by atoms with E-state index >= 15 is 0 Å². The fraction of sp³-hybridized carbons (Fsp3) is 0.792. The highest BCUT2D eigenvalue weighted by Crippen LogP contribution is 2.67. The first kappa shape index (κ1) is 23.6. The van der Waals surface area contributed by atoms with Gasteiger partial charge in [0.1, 0.15) is 6.04 Å². The van der Waals surface area contributed by atoms with Crippen molar-refractivity contribution in [1.29, 1.82) is 0 Å². The maximum absolute atomic E-state index is 14.2. The van der Waals surface area contributed by atoms with Crippen molar-refractivity contribution in [2.75, 3.05) is 19.8 Å². The molecule has 3 aliphatic heterocycles. The molecular formula is C24H36N2O5S. The van der Waals surface area contributed by atoms with Gasteiger partial charge in [-0.1, -0.05) is 25.3 Å². The molecule has 32 heavy (non-hydrogen) atoms. The molecule has 0 radical (unpaired) electrons. The van der Waals surface area contributed by atoms with Gasteiger partial charge in [0.05, 0.1) is 35.8 Å². The number of rotatable bonds is 8. The van der Waals surface area contributed by atoms with Crippen LogP contribution < -0.4 is 0 Å². The number of hydrogen-bond acceptors (Lipinski definition) is 6. The van der Waals surface area contributed by atoms with E-state index in [0.717, 1.165) is 38.5 Å². The third kappa shape index (κ3) is 3.58. The van der Waals surface area contributed by atoms with Crippen LogP contribution in [0.2, 0.25) is 0 Å². The van der Waals surface area contributed by atoms with Crippen LogP contribution >= 0.6 is 11.8 Å². The summed E-state index contributed by atoms with van der Waals surface area (Å²) < 4.78 is 4.72. The molecule has 3 saturated heterocycles. The average molecular weight is 465 g/mol. The molecule has 0 aromatic heterocycles. The lowest BCUT2D eigenvalue weighted by molar-refractivity contribution is -0.154. The van der Waals surface area contributed by atoms with Crippen LogP contribution in [0.25, 0.3) is 0 Å². The fourth-order valence-corrected chi connectivity index (χ4v) is 8.73. The van der Waals surface area contributed by atoms with Gasteiger partial charge in [-0.3, -0.25) is 14.4 Å². The molecule has 8 heteroatoms. The van der Waals surface area contributed by atoms with Crippen LogP contribution in [0.3, 0.4) is 0 Å². The van der Waals surface area contributed by atoms with Gasteiger partial charge in [0.15, 0.2) is 0 Å². The van der Waals surface area contributed by atoms with Gasteiger partial charge < -0.3 is 19.6 Å². The van der Waals surface area contributed by atoms with Crippen molar-refractivity contribution in [2.24, 2.45) is 11.8 Å². The summed E-state index contributed by atoms with van der Waals surface area (Å²) in [6, 6.07) is -1.01. The Morgan fingerprint density at radius 2 is 2.06 bits per heavy atom. The van der Waals surface area contributed by atoms with Crippen molar-refractivity contribution in [3.8, 4) is 0 Å². The third-order valence-corrected chi connectivity index (χ3v) is 9.85. The normalized spacial score (nSPS) is 35.0. The lowest BCUT2D eigenvalue weighted by Gasteiger charge is -2.42. The van der Waals surface area contributed by atoms with Crippen LogP contribution in [-0.2, 0) is 19.1 Å². The number of nitrogens with zero attached hydrogens (tertiary/aromatic N) is 2. The van der Waals surface area contributed by atoms with Crippen molar-refractivity contribution in [3.63, 3.8) is 0 Å². The average Bonchev–Trinajstić information content (AvgIpc) is 3.44. The van der Waals surface area contributed by atoms with Gasteiger partial charge in [0, 0.05) is 17.8 Å². The van der Waals surface area contributed by atoms with Gasteiger partial charge in [0.2, 0.25) is 11.8 Å². The van der Waals surface area contributed by atoms with E-state index in [2.05, 4.69) is 6.58 Å². The molecule has 6 atom stereocenters. The molecule has 1 aliphatic carbocycles. The summed E-state index contributed by atoms with van der Waals surface area (Å²) in [5.74, 6) is -1.64. The zero-order valence-electron chi connectivity index (χ0n) is 19.2. The minimum absolute atomic E-state index is 0.00687. The van der Waals surface area contributed by atoms with E-state index in [1.807, 2.05) is 4.90 Å². The molecule has 3 heterocycles. The molecule has 0 aromatic rings. The largest absolute Gasteiger partial charge is 0.466 e. The van der Waals surface area contributed by atoms with Gasteiger partial charge in [-0.15, -0.1) is 18.3 Å². The standard InChI is InChI=1S/C24H36N2O5S/c1-4-13-25(16-9-7-6-8-10-16)22(29)20-24-12-11-17(32-24)18(23(30)31-5-2)19(24)21(28)26(20)15(3)14-27/h4,15-20,27H,1,5-14H2,2-3H3/t15-,17-,18+,19+,20?,24?/m1/s1. The van der Waals surface area contributed by atoms with Crippen molar-refractivity contribution in [1.82, 2.24) is 9.80 Å². The molecule has 0 aromatic carbocycles. The first-order valence-electron chi connectivity index (χ1n) is 12.1. The number of ether oxygens (including phenoxy) is 1. The van der Waals surface area contributed by atoms with Crippen LogP contribution in [0.4, 0.5) is 0 Å². The SMILES string of the molecule is C=CCN(C(=O)C1N([C@H](C)CO)C(=O)[C@@H]2[C@@H](C(=O)OCC)[C@H]3CCC12S3)C1CCCCC1. The number of hydrogen-bond donors (Lipinski definition) is 1. The van der Waals surface area contributed by atoms with Gasteiger partial charge in [0.25, 0.3) is 0 Å². The molecule has 4 rings (SSSR count). The summed E-state index contributed by atoms with van der Waals surface area (Å²) in [7, 11) is 0. The minimum atomic E-state index is -0.668. The van der Waals surface area contributed by atoms with E-state index in [-0.39, 0.29) is 42.3 Å². The Bertz CT molecular complexity index is 769. The maximum atomic E-state index is 14.2. The number of fused-ring (bicyclic) bond motifs is 1. The summed E-state index contributed by atoms with van der Waals surface area (Å²) in [5.41, 5.74) is 0. The second-order valence-electron chi connectivity index (χ2n) is 9.66. The molecule has 7 nitrogen and oxygen atoms in total. The highest BCUT2D eigenvalue weighted by Gasteiger charge is 2.74. The maximum Gasteiger partial charge on any atom is 0.310 e. The number of carbonyl (C=O) groups is 3. The quantitative estimate of drug-likeness (QED) is 0.438. The Morgan fingerprint density at radius 1 is 1.34 bits per heavy atom. The van der Waals surface area contributed by atoms with E-state index in [4.69, 9.17) is 4.74 Å². The van der Waals surface area contributed by atoms with E-state index < -0.39 is 28.7 Å². The number of aliphatic hydroxyl groups is 1. The summed E-state index contributed by atoms with van der Waals surface area (Å²) in [4.78, 5) is 44.4. The number of likely N-dealkylation sites (tertiary alicyclic amines) is 1. The smallest absolute Gasteiger partial charge is 0.310 e. The number of aliphatic hydroxyl groups excluding tert-OH is 1. The van der Waals surface area contributed by atoms with Crippen molar-refractivity contribution < 1.29 is 24.2 Å². The fourth-order valence-electron chi connectivity index (χ4n) is 6.55. The Morgan fingerprint density at radius 3 is 2.69 bits per heavy atom. The number of amides is 2. The lowest BCUT2D eigenvalue weighted by atomic mass is 9.71. The Labute approximate surface area is 194 Å². The van der Waals surface area contributed by atoms with Crippen LogP contribution in [0.1, 0.15) is 58.8 Å². The summed E-state index contributed by atoms with van der Waals surface area (Å²) in [6.45, 7) is 7.93. The van der Waals surface area contributed by atoms with E-state index in [9.17, 15) is 19.5 Å². The van der Waals surface area contributed by atoms with Crippen molar-refractivity contribution >= 4 is 29.5 Å². The Hall–Kier alpha value is -1.54. The second-order valence-corrected chi connectivity index (χ2v) is 11.3. The Balaban J connectivity index is 1.73. The molecule has 2 bridgehead atoms. The van der Waals surface area contributed by atoms with Crippen LogP contribution in [0.5, 0.6) is 0 Å². The highest BCUT2D eigenvalue weighted by atomic mass is 32.2. The van der Waals surface area contributed by atoms with Crippen LogP contribution in [-0.4, -0.2) is 80.6 Å². The number of esters is 1. The second kappa shape index (κ2) is 9.37. The van der Waals surface area contributed by atoms with Gasteiger partial charge in [-0.05, 0) is 39.5 Å². The molecule has 4 aliphatic rings.